The lowest BCUT2D eigenvalue weighted by atomic mass is 10.3. The lowest BCUT2D eigenvalue weighted by Gasteiger charge is -2.00. The van der Waals surface area contributed by atoms with E-state index in [0.717, 1.165) is 0 Å². The first-order valence-electron chi connectivity index (χ1n) is 5.36. The molecule has 0 saturated heterocycles. The molecule has 1 heterocycles. The number of furan rings is 1. The average Bonchev–Trinajstić information content (AvgIpc) is 2.77. The van der Waals surface area contributed by atoms with Crippen LogP contribution in [0.5, 0.6) is 11.7 Å². The normalized spacial score (nSPS) is 11.5. The van der Waals surface area contributed by atoms with E-state index in [-0.39, 0.29) is 11.8 Å². The van der Waals surface area contributed by atoms with Gasteiger partial charge in [0.15, 0.2) is 5.76 Å². The SMILES string of the molecule is C[C@H](O)C#Cc1ccc(Oc2ccc(F)cc2)o1. The van der Waals surface area contributed by atoms with Gasteiger partial charge in [-0.3, -0.25) is 0 Å². The van der Waals surface area contributed by atoms with Gasteiger partial charge in [0.05, 0.1) is 0 Å². The van der Waals surface area contributed by atoms with Gasteiger partial charge in [-0.15, -0.1) is 0 Å². The van der Waals surface area contributed by atoms with E-state index in [9.17, 15) is 4.39 Å². The molecule has 0 aliphatic rings. The Morgan fingerprint density at radius 2 is 1.94 bits per heavy atom. The third kappa shape index (κ3) is 3.37. The van der Waals surface area contributed by atoms with E-state index in [0.29, 0.717) is 11.5 Å². The van der Waals surface area contributed by atoms with Crippen LogP contribution in [0.3, 0.4) is 0 Å². The predicted molar refractivity (Wildman–Crippen MR) is 63.7 cm³/mol. The van der Waals surface area contributed by atoms with Crippen LogP contribution < -0.4 is 4.74 Å². The Balaban J connectivity index is 2.07. The Labute approximate surface area is 104 Å². The molecule has 0 radical (unpaired) electrons. The van der Waals surface area contributed by atoms with Crippen molar-refractivity contribution in [3.8, 4) is 23.5 Å². The van der Waals surface area contributed by atoms with Crippen LogP contribution in [-0.2, 0) is 0 Å². The van der Waals surface area contributed by atoms with Crippen molar-refractivity contribution >= 4 is 0 Å². The van der Waals surface area contributed by atoms with E-state index in [1.807, 2.05) is 0 Å². The van der Waals surface area contributed by atoms with E-state index in [2.05, 4.69) is 11.8 Å². The molecule has 0 aliphatic heterocycles. The molecular weight excluding hydrogens is 235 g/mol. The zero-order chi connectivity index (χ0) is 13.0. The topological polar surface area (TPSA) is 42.6 Å². The van der Waals surface area contributed by atoms with E-state index in [1.165, 1.54) is 24.3 Å². The first kappa shape index (κ1) is 12.2. The zero-order valence-electron chi connectivity index (χ0n) is 9.68. The van der Waals surface area contributed by atoms with Crippen LogP contribution in [0.2, 0.25) is 0 Å². The summed E-state index contributed by atoms with van der Waals surface area (Å²) in [4.78, 5) is 0. The van der Waals surface area contributed by atoms with Gasteiger partial charge in [0.25, 0.3) is 5.95 Å². The molecule has 1 aromatic heterocycles. The number of ether oxygens (including phenoxy) is 1. The van der Waals surface area contributed by atoms with Gasteiger partial charge in [-0.05, 0) is 43.2 Å². The second-order valence-electron chi connectivity index (χ2n) is 3.62. The van der Waals surface area contributed by atoms with Gasteiger partial charge in [0.1, 0.15) is 17.7 Å². The lowest BCUT2D eigenvalue weighted by Crippen LogP contribution is -1.92. The second-order valence-corrected chi connectivity index (χ2v) is 3.62. The average molecular weight is 246 g/mol. The summed E-state index contributed by atoms with van der Waals surface area (Å²) in [7, 11) is 0. The number of rotatable bonds is 2. The van der Waals surface area contributed by atoms with Crippen LogP contribution in [0.25, 0.3) is 0 Å². The van der Waals surface area contributed by atoms with Crippen molar-refractivity contribution in [2.45, 2.75) is 13.0 Å². The van der Waals surface area contributed by atoms with Gasteiger partial charge in [-0.1, -0.05) is 5.92 Å². The zero-order valence-corrected chi connectivity index (χ0v) is 9.68. The molecule has 18 heavy (non-hydrogen) atoms. The molecule has 0 bridgehead atoms. The molecular formula is C14H11FO3. The molecule has 4 heteroatoms. The molecule has 1 N–H and O–H groups in total. The van der Waals surface area contributed by atoms with Crippen molar-refractivity contribution in [3.63, 3.8) is 0 Å². The molecule has 0 aliphatic carbocycles. The third-order valence-corrected chi connectivity index (χ3v) is 2.02. The Bertz CT molecular complexity index is 573. The highest BCUT2D eigenvalue weighted by molar-refractivity contribution is 5.31. The van der Waals surface area contributed by atoms with Crippen LogP contribution in [-0.4, -0.2) is 11.2 Å². The second kappa shape index (κ2) is 5.39. The van der Waals surface area contributed by atoms with Gasteiger partial charge in [0.2, 0.25) is 0 Å². The molecule has 0 fully saturated rings. The van der Waals surface area contributed by atoms with Gasteiger partial charge < -0.3 is 14.3 Å². The fourth-order valence-corrected chi connectivity index (χ4v) is 1.24. The van der Waals surface area contributed by atoms with Gasteiger partial charge in [-0.25, -0.2) is 4.39 Å². The van der Waals surface area contributed by atoms with Crippen LogP contribution in [0, 0.1) is 17.7 Å². The molecule has 2 aromatic rings. The largest absolute Gasteiger partial charge is 0.426 e. The molecule has 0 amide bonds. The van der Waals surface area contributed by atoms with Gasteiger partial charge >= 0.3 is 0 Å². The summed E-state index contributed by atoms with van der Waals surface area (Å²) in [6.07, 6.45) is -0.712. The Morgan fingerprint density at radius 3 is 2.61 bits per heavy atom. The van der Waals surface area contributed by atoms with E-state index in [1.54, 1.807) is 19.1 Å². The summed E-state index contributed by atoms with van der Waals surface area (Å²) in [5.41, 5.74) is 0. The summed E-state index contributed by atoms with van der Waals surface area (Å²) in [5, 5.41) is 9.00. The number of benzene rings is 1. The first-order chi connectivity index (χ1) is 8.63. The minimum Gasteiger partial charge on any atom is -0.426 e. The highest BCUT2D eigenvalue weighted by Crippen LogP contribution is 2.23. The van der Waals surface area contributed by atoms with E-state index >= 15 is 0 Å². The summed E-state index contributed by atoms with van der Waals surface area (Å²) >= 11 is 0. The quantitative estimate of drug-likeness (QED) is 0.828. The third-order valence-electron chi connectivity index (χ3n) is 2.02. The monoisotopic (exact) mass is 246 g/mol. The van der Waals surface area contributed by atoms with Crippen LogP contribution >= 0.6 is 0 Å². The summed E-state index contributed by atoms with van der Waals surface area (Å²) in [6, 6.07) is 8.83. The summed E-state index contributed by atoms with van der Waals surface area (Å²) in [6.45, 7) is 1.56. The number of aliphatic hydroxyl groups is 1. The van der Waals surface area contributed by atoms with Crippen molar-refractivity contribution in [3.05, 3.63) is 48.0 Å². The van der Waals surface area contributed by atoms with Crippen molar-refractivity contribution in [1.29, 1.82) is 0 Å². The highest BCUT2D eigenvalue weighted by Gasteiger charge is 2.02. The minimum atomic E-state index is -0.712. The van der Waals surface area contributed by atoms with Crippen molar-refractivity contribution < 1.29 is 18.7 Å². The summed E-state index contributed by atoms with van der Waals surface area (Å²) < 4.78 is 23.3. The van der Waals surface area contributed by atoms with E-state index < -0.39 is 6.10 Å². The van der Waals surface area contributed by atoms with Crippen LogP contribution in [0.15, 0.2) is 40.8 Å². The number of hydrogen-bond donors (Lipinski definition) is 1. The van der Waals surface area contributed by atoms with Crippen molar-refractivity contribution in [2.75, 3.05) is 0 Å². The Kier molecular flexibility index (Phi) is 3.66. The van der Waals surface area contributed by atoms with Crippen molar-refractivity contribution in [2.24, 2.45) is 0 Å². The van der Waals surface area contributed by atoms with E-state index in [4.69, 9.17) is 14.3 Å². The number of aliphatic hydroxyl groups excluding tert-OH is 1. The standard InChI is InChI=1S/C14H11FO3/c1-10(16)2-5-12-8-9-14(17-12)18-13-6-3-11(15)4-7-13/h3-4,6-10,16H,1H3/t10-/m0/s1. The van der Waals surface area contributed by atoms with Gasteiger partial charge in [0, 0.05) is 6.07 Å². The van der Waals surface area contributed by atoms with Crippen LogP contribution in [0.1, 0.15) is 12.7 Å². The fourth-order valence-electron chi connectivity index (χ4n) is 1.24. The summed E-state index contributed by atoms with van der Waals surface area (Å²) in [5.74, 6) is 6.01. The Morgan fingerprint density at radius 1 is 1.22 bits per heavy atom. The number of halogens is 1. The lowest BCUT2D eigenvalue weighted by molar-refractivity contribution is 0.253. The maximum Gasteiger partial charge on any atom is 0.291 e. The minimum absolute atomic E-state index is 0.261. The predicted octanol–water partition coefficient (Wildman–Crippen LogP) is 2.94. The first-order valence-corrected chi connectivity index (χ1v) is 5.36. The smallest absolute Gasteiger partial charge is 0.291 e. The highest BCUT2D eigenvalue weighted by atomic mass is 19.1. The molecule has 0 unspecified atom stereocenters. The molecule has 0 saturated carbocycles. The molecule has 0 spiro atoms. The van der Waals surface area contributed by atoms with Crippen molar-refractivity contribution in [1.82, 2.24) is 0 Å². The maximum atomic E-state index is 12.7. The molecule has 92 valence electrons. The molecule has 2 rings (SSSR count). The number of hydrogen-bond acceptors (Lipinski definition) is 3. The molecule has 3 nitrogen and oxygen atoms in total. The molecule has 1 aromatic carbocycles. The molecule has 1 atom stereocenters. The Hall–Kier alpha value is -2.25. The van der Waals surface area contributed by atoms with Crippen LogP contribution in [0.4, 0.5) is 4.39 Å². The fraction of sp³-hybridized carbons (Fsp3) is 0.143. The maximum absolute atomic E-state index is 12.7. The van der Waals surface area contributed by atoms with Gasteiger partial charge in [-0.2, -0.15) is 0 Å².